The van der Waals surface area contributed by atoms with Crippen molar-refractivity contribution in [2.75, 3.05) is 0 Å². The van der Waals surface area contributed by atoms with Gasteiger partial charge in [-0.05, 0) is 44.2 Å². The van der Waals surface area contributed by atoms with Crippen molar-refractivity contribution < 1.29 is 9.53 Å². The molecule has 1 aromatic carbocycles. The maximum absolute atomic E-state index is 11.2. The van der Waals surface area contributed by atoms with E-state index in [0.29, 0.717) is 5.56 Å². The van der Waals surface area contributed by atoms with Crippen LogP contribution in [0.1, 0.15) is 24.2 Å². The molecule has 0 aromatic heterocycles. The molecule has 0 amide bonds. The van der Waals surface area contributed by atoms with E-state index in [0.717, 1.165) is 5.75 Å². The third-order valence-electron chi connectivity index (χ3n) is 1.70. The van der Waals surface area contributed by atoms with E-state index in [4.69, 9.17) is 4.74 Å². The highest BCUT2D eigenvalue weighted by Gasteiger charge is 2.01. The van der Waals surface area contributed by atoms with E-state index in [1.165, 1.54) is 6.08 Å². The smallest absolute Gasteiger partial charge is 0.185 e. The Balaban J connectivity index is 2.78. The molecule has 0 aliphatic carbocycles. The Morgan fingerprint density at radius 1 is 1.36 bits per heavy atom. The van der Waals surface area contributed by atoms with Gasteiger partial charge in [0.15, 0.2) is 5.78 Å². The molecule has 0 spiro atoms. The molecule has 1 rings (SSSR count). The average molecular weight is 190 g/mol. The van der Waals surface area contributed by atoms with E-state index in [2.05, 4.69) is 6.58 Å². The zero-order chi connectivity index (χ0) is 10.6. The fourth-order valence-corrected chi connectivity index (χ4v) is 1.09. The zero-order valence-electron chi connectivity index (χ0n) is 8.49. The van der Waals surface area contributed by atoms with Crippen molar-refractivity contribution in [1.29, 1.82) is 0 Å². The molecule has 0 fully saturated rings. The van der Waals surface area contributed by atoms with Crippen LogP contribution in [0.5, 0.6) is 5.75 Å². The highest BCUT2D eigenvalue weighted by molar-refractivity contribution is 6.04. The highest BCUT2D eigenvalue weighted by atomic mass is 16.5. The van der Waals surface area contributed by atoms with Crippen LogP contribution in [0.3, 0.4) is 0 Å². The van der Waals surface area contributed by atoms with E-state index in [-0.39, 0.29) is 11.9 Å². The maximum Gasteiger partial charge on any atom is 0.185 e. The van der Waals surface area contributed by atoms with E-state index >= 15 is 0 Å². The van der Waals surface area contributed by atoms with Gasteiger partial charge in [0.05, 0.1) is 6.10 Å². The summed E-state index contributed by atoms with van der Waals surface area (Å²) in [7, 11) is 0. The van der Waals surface area contributed by atoms with Gasteiger partial charge in [-0.1, -0.05) is 6.58 Å². The van der Waals surface area contributed by atoms with E-state index in [1.54, 1.807) is 24.3 Å². The molecule has 0 aliphatic rings. The van der Waals surface area contributed by atoms with Crippen LogP contribution < -0.4 is 4.74 Å². The SMILES string of the molecule is C=CC(=O)c1ccc(OC(C)C)cc1. The number of benzene rings is 1. The van der Waals surface area contributed by atoms with Gasteiger partial charge in [-0.25, -0.2) is 0 Å². The summed E-state index contributed by atoms with van der Waals surface area (Å²) >= 11 is 0. The van der Waals surface area contributed by atoms with Crippen molar-refractivity contribution in [3.63, 3.8) is 0 Å². The Morgan fingerprint density at radius 2 is 1.93 bits per heavy atom. The summed E-state index contributed by atoms with van der Waals surface area (Å²) in [5, 5.41) is 0. The normalized spacial score (nSPS) is 9.93. The Hall–Kier alpha value is -1.57. The van der Waals surface area contributed by atoms with Crippen LogP contribution in [0.4, 0.5) is 0 Å². The minimum Gasteiger partial charge on any atom is -0.491 e. The number of carbonyl (C=O) groups is 1. The Kier molecular flexibility index (Phi) is 3.46. The predicted octanol–water partition coefficient (Wildman–Crippen LogP) is 2.84. The van der Waals surface area contributed by atoms with Gasteiger partial charge in [0.2, 0.25) is 0 Å². The first-order valence-corrected chi connectivity index (χ1v) is 4.57. The molecule has 0 radical (unpaired) electrons. The largest absolute Gasteiger partial charge is 0.491 e. The van der Waals surface area contributed by atoms with Crippen molar-refractivity contribution in [2.45, 2.75) is 20.0 Å². The van der Waals surface area contributed by atoms with E-state index in [9.17, 15) is 4.79 Å². The minimum absolute atomic E-state index is 0.0684. The molecular weight excluding hydrogens is 176 g/mol. The van der Waals surface area contributed by atoms with Gasteiger partial charge in [0, 0.05) is 5.56 Å². The molecule has 0 N–H and O–H groups in total. The third-order valence-corrected chi connectivity index (χ3v) is 1.70. The summed E-state index contributed by atoms with van der Waals surface area (Å²) in [5.41, 5.74) is 0.635. The number of carbonyl (C=O) groups excluding carboxylic acids is 1. The van der Waals surface area contributed by atoms with Gasteiger partial charge in [-0.3, -0.25) is 4.79 Å². The summed E-state index contributed by atoms with van der Waals surface area (Å²) in [4.78, 5) is 11.2. The summed E-state index contributed by atoms with van der Waals surface area (Å²) in [6.07, 6.45) is 1.45. The van der Waals surface area contributed by atoms with E-state index in [1.807, 2.05) is 13.8 Å². The predicted molar refractivity (Wildman–Crippen MR) is 56.7 cm³/mol. The van der Waals surface area contributed by atoms with Crippen molar-refractivity contribution in [3.8, 4) is 5.75 Å². The molecule has 0 unspecified atom stereocenters. The molecule has 0 heterocycles. The zero-order valence-corrected chi connectivity index (χ0v) is 8.49. The second-order valence-corrected chi connectivity index (χ2v) is 3.26. The number of ketones is 1. The number of hydrogen-bond donors (Lipinski definition) is 0. The summed E-state index contributed by atoms with van der Waals surface area (Å²) in [6.45, 7) is 7.35. The molecule has 14 heavy (non-hydrogen) atoms. The first kappa shape index (κ1) is 10.5. The number of rotatable bonds is 4. The first-order valence-electron chi connectivity index (χ1n) is 4.57. The fraction of sp³-hybridized carbons (Fsp3) is 0.250. The lowest BCUT2D eigenvalue weighted by Gasteiger charge is -2.09. The first-order chi connectivity index (χ1) is 6.63. The summed E-state index contributed by atoms with van der Waals surface area (Å²) in [5.74, 6) is 0.710. The van der Waals surface area contributed by atoms with Gasteiger partial charge >= 0.3 is 0 Å². The minimum atomic E-state index is -0.0684. The van der Waals surface area contributed by atoms with Crippen molar-refractivity contribution in [2.24, 2.45) is 0 Å². The summed E-state index contributed by atoms with van der Waals surface area (Å²) < 4.78 is 5.45. The molecule has 0 saturated carbocycles. The average Bonchev–Trinajstić information content (AvgIpc) is 2.17. The number of ether oxygens (including phenoxy) is 1. The monoisotopic (exact) mass is 190 g/mol. The van der Waals surface area contributed by atoms with Crippen LogP contribution in [0.2, 0.25) is 0 Å². The van der Waals surface area contributed by atoms with Crippen LogP contribution in [0, 0.1) is 0 Å². The molecule has 0 bridgehead atoms. The van der Waals surface area contributed by atoms with Gasteiger partial charge < -0.3 is 4.74 Å². The van der Waals surface area contributed by atoms with E-state index < -0.39 is 0 Å². The quantitative estimate of drug-likeness (QED) is 0.539. The molecule has 2 nitrogen and oxygen atoms in total. The maximum atomic E-state index is 11.2. The number of hydrogen-bond acceptors (Lipinski definition) is 2. The van der Waals surface area contributed by atoms with Crippen LogP contribution in [0.15, 0.2) is 36.9 Å². The molecule has 74 valence electrons. The topological polar surface area (TPSA) is 26.3 Å². The molecule has 0 saturated heterocycles. The van der Waals surface area contributed by atoms with Crippen LogP contribution >= 0.6 is 0 Å². The van der Waals surface area contributed by atoms with Crippen molar-refractivity contribution in [1.82, 2.24) is 0 Å². The molecule has 0 aliphatic heterocycles. The van der Waals surface area contributed by atoms with Crippen molar-refractivity contribution in [3.05, 3.63) is 42.5 Å². The lowest BCUT2D eigenvalue weighted by atomic mass is 10.1. The van der Waals surface area contributed by atoms with Crippen LogP contribution in [-0.2, 0) is 0 Å². The van der Waals surface area contributed by atoms with Crippen LogP contribution in [-0.4, -0.2) is 11.9 Å². The van der Waals surface area contributed by atoms with Crippen LogP contribution in [0.25, 0.3) is 0 Å². The van der Waals surface area contributed by atoms with Gasteiger partial charge in [0.1, 0.15) is 5.75 Å². The summed E-state index contributed by atoms with van der Waals surface area (Å²) in [6, 6.07) is 7.05. The fourth-order valence-electron chi connectivity index (χ4n) is 1.09. The molecule has 0 atom stereocenters. The Morgan fingerprint density at radius 3 is 2.36 bits per heavy atom. The lowest BCUT2D eigenvalue weighted by molar-refractivity contribution is 0.104. The van der Waals surface area contributed by atoms with Crippen molar-refractivity contribution >= 4 is 5.78 Å². The molecule has 1 aromatic rings. The Bertz CT molecular complexity index is 323. The second kappa shape index (κ2) is 4.61. The number of allylic oxidation sites excluding steroid dienone is 1. The lowest BCUT2D eigenvalue weighted by Crippen LogP contribution is -2.05. The van der Waals surface area contributed by atoms with Gasteiger partial charge in [-0.2, -0.15) is 0 Å². The molecule has 2 heteroatoms. The van der Waals surface area contributed by atoms with Gasteiger partial charge in [0.25, 0.3) is 0 Å². The Labute approximate surface area is 84.2 Å². The highest BCUT2D eigenvalue weighted by Crippen LogP contribution is 2.14. The second-order valence-electron chi connectivity index (χ2n) is 3.26. The standard InChI is InChI=1S/C12H14O2/c1-4-12(13)10-5-7-11(8-6-10)14-9(2)3/h4-9H,1H2,2-3H3. The third kappa shape index (κ3) is 2.73. The van der Waals surface area contributed by atoms with Gasteiger partial charge in [-0.15, -0.1) is 0 Å². The molecular formula is C12H14O2.